The van der Waals surface area contributed by atoms with Gasteiger partial charge in [0.2, 0.25) is 0 Å². The number of fused-ring (bicyclic) bond motifs is 1. The quantitative estimate of drug-likeness (QED) is 0.411. The predicted molar refractivity (Wildman–Crippen MR) is 93.9 cm³/mol. The highest BCUT2D eigenvalue weighted by Gasteiger charge is 2.59. The molecule has 0 radical (unpaired) electrons. The maximum absolute atomic E-state index is 13.2. The standard InChI is InChI=1S/C20H26O6/c1-6-11-9-12(7-2)13(10-11)15(22)16-17(23-14(21)8-3)18-19(24-16)26-20(4,5)25-18/h6-8,11-13,16-19H,1-3,9-10H2,4-5H3/t11-,12+,13-,16+,17-,18+,19+/m0/s1. The summed E-state index contributed by atoms with van der Waals surface area (Å²) in [4.78, 5) is 25.0. The van der Waals surface area contributed by atoms with E-state index in [2.05, 4.69) is 19.7 Å². The van der Waals surface area contributed by atoms with E-state index >= 15 is 0 Å². The van der Waals surface area contributed by atoms with E-state index < -0.39 is 36.4 Å². The van der Waals surface area contributed by atoms with Gasteiger partial charge in [0.15, 0.2) is 36.2 Å². The second-order valence-corrected chi connectivity index (χ2v) is 7.51. The second kappa shape index (κ2) is 7.10. The Labute approximate surface area is 153 Å². The van der Waals surface area contributed by atoms with E-state index in [0.29, 0.717) is 6.42 Å². The number of carbonyl (C=O) groups excluding carboxylic acids is 2. The molecule has 3 fully saturated rings. The van der Waals surface area contributed by atoms with Gasteiger partial charge < -0.3 is 18.9 Å². The van der Waals surface area contributed by atoms with Crippen LogP contribution in [0.15, 0.2) is 38.0 Å². The zero-order valence-corrected chi connectivity index (χ0v) is 15.3. The molecular weight excluding hydrogens is 336 g/mol. The highest BCUT2D eigenvalue weighted by atomic mass is 16.8. The van der Waals surface area contributed by atoms with E-state index in [0.717, 1.165) is 12.5 Å². The summed E-state index contributed by atoms with van der Waals surface area (Å²) in [6.07, 6.45) is 3.06. The summed E-state index contributed by atoms with van der Waals surface area (Å²) in [5.41, 5.74) is 0. The summed E-state index contributed by atoms with van der Waals surface area (Å²) in [6.45, 7) is 14.6. The van der Waals surface area contributed by atoms with Gasteiger partial charge in [-0.15, -0.1) is 13.2 Å². The first-order valence-electron chi connectivity index (χ1n) is 8.92. The second-order valence-electron chi connectivity index (χ2n) is 7.51. The Bertz CT molecular complexity index is 624. The molecule has 142 valence electrons. The maximum atomic E-state index is 13.2. The van der Waals surface area contributed by atoms with Gasteiger partial charge in [0, 0.05) is 12.0 Å². The fourth-order valence-electron chi connectivity index (χ4n) is 4.12. The summed E-state index contributed by atoms with van der Waals surface area (Å²) >= 11 is 0. The molecule has 0 bridgehead atoms. The number of hydrogen-bond acceptors (Lipinski definition) is 6. The van der Waals surface area contributed by atoms with Crippen LogP contribution in [-0.2, 0) is 28.5 Å². The first kappa shape index (κ1) is 19.0. The van der Waals surface area contributed by atoms with Crippen molar-refractivity contribution in [2.45, 2.75) is 57.1 Å². The molecule has 26 heavy (non-hydrogen) atoms. The largest absolute Gasteiger partial charge is 0.453 e. The normalized spacial score (nSPS) is 40.6. The zero-order valence-electron chi connectivity index (χ0n) is 15.3. The van der Waals surface area contributed by atoms with Gasteiger partial charge in [0.1, 0.15) is 0 Å². The molecule has 0 aromatic rings. The molecule has 0 spiro atoms. The summed E-state index contributed by atoms with van der Waals surface area (Å²) in [7, 11) is 0. The van der Waals surface area contributed by atoms with Gasteiger partial charge in [0.05, 0.1) is 0 Å². The summed E-state index contributed by atoms with van der Waals surface area (Å²) < 4.78 is 22.8. The maximum Gasteiger partial charge on any atom is 0.330 e. The first-order valence-corrected chi connectivity index (χ1v) is 8.92. The lowest BCUT2D eigenvalue weighted by atomic mass is 9.87. The third-order valence-electron chi connectivity index (χ3n) is 5.34. The number of ether oxygens (including phenoxy) is 4. The Morgan fingerprint density at radius 2 is 1.85 bits per heavy atom. The number of carbonyl (C=O) groups is 2. The molecule has 0 aromatic carbocycles. The Morgan fingerprint density at radius 3 is 2.46 bits per heavy atom. The van der Waals surface area contributed by atoms with Crippen LogP contribution >= 0.6 is 0 Å². The molecule has 1 saturated carbocycles. The summed E-state index contributed by atoms with van der Waals surface area (Å²) in [5.74, 6) is -1.55. The van der Waals surface area contributed by atoms with Crippen molar-refractivity contribution in [2.24, 2.45) is 17.8 Å². The lowest BCUT2D eigenvalue weighted by Crippen LogP contribution is -2.44. The van der Waals surface area contributed by atoms with Crippen LogP contribution in [0.1, 0.15) is 26.7 Å². The minimum Gasteiger partial charge on any atom is -0.453 e. The van der Waals surface area contributed by atoms with Crippen LogP contribution in [0, 0.1) is 17.8 Å². The minimum atomic E-state index is -0.930. The number of hydrogen-bond donors (Lipinski definition) is 0. The van der Waals surface area contributed by atoms with Gasteiger partial charge in [-0.1, -0.05) is 18.7 Å². The third kappa shape index (κ3) is 3.41. The fraction of sp³-hybridized carbons (Fsp3) is 0.600. The number of Topliss-reactive ketones (excluding diaryl/α,β-unsaturated/α-hetero) is 1. The molecule has 1 aliphatic carbocycles. The first-order chi connectivity index (χ1) is 12.3. The van der Waals surface area contributed by atoms with Gasteiger partial charge in [-0.05, 0) is 38.5 Å². The molecule has 0 aromatic heterocycles. The number of allylic oxidation sites excluding steroid dienone is 2. The van der Waals surface area contributed by atoms with Crippen molar-refractivity contribution in [3.05, 3.63) is 38.0 Å². The summed E-state index contributed by atoms with van der Waals surface area (Å²) in [5, 5.41) is 0. The van der Waals surface area contributed by atoms with E-state index in [1.165, 1.54) is 0 Å². The van der Waals surface area contributed by atoms with Crippen LogP contribution in [0.25, 0.3) is 0 Å². The van der Waals surface area contributed by atoms with Gasteiger partial charge in [0.25, 0.3) is 0 Å². The van der Waals surface area contributed by atoms with Crippen LogP contribution in [0.5, 0.6) is 0 Å². The topological polar surface area (TPSA) is 71.1 Å². The monoisotopic (exact) mass is 362 g/mol. The highest BCUT2D eigenvalue weighted by Crippen LogP contribution is 2.44. The number of ketones is 1. The molecule has 0 amide bonds. The van der Waals surface area contributed by atoms with Crippen molar-refractivity contribution in [1.29, 1.82) is 0 Å². The molecule has 3 aliphatic rings. The fourth-order valence-corrected chi connectivity index (χ4v) is 4.12. The zero-order chi connectivity index (χ0) is 19.1. The molecule has 2 saturated heterocycles. The molecule has 6 heteroatoms. The molecule has 0 unspecified atom stereocenters. The number of rotatable bonds is 6. The van der Waals surface area contributed by atoms with Crippen molar-refractivity contribution in [1.82, 2.24) is 0 Å². The Kier molecular flexibility index (Phi) is 5.19. The predicted octanol–water partition coefficient (Wildman–Crippen LogP) is 2.54. The van der Waals surface area contributed by atoms with Crippen molar-refractivity contribution in [3.8, 4) is 0 Å². The highest BCUT2D eigenvalue weighted by molar-refractivity contribution is 5.88. The Hall–Kier alpha value is -1.76. The average molecular weight is 362 g/mol. The van der Waals surface area contributed by atoms with Gasteiger partial charge in [-0.2, -0.15) is 0 Å². The van der Waals surface area contributed by atoms with Crippen molar-refractivity contribution < 1.29 is 28.5 Å². The molecule has 2 aliphatic heterocycles. The lowest BCUT2D eigenvalue weighted by Gasteiger charge is -2.27. The molecule has 7 atom stereocenters. The smallest absolute Gasteiger partial charge is 0.330 e. The number of esters is 1. The minimum absolute atomic E-state index is 0.0450. The Morgan fingerprint density at radius 1 is 1.12 bits per heavy atom. The molecular formula is C20H26O6. The van der Waals surface area contributed by atoms with Crippen LogP contribution in [0.4, 0.5) is 0 Å². The van der Waals surface area contributed by atoms with E-state index in [9.17, 15) is 9.59 Å². The van der Waals surface area contributed by atoms with Gasteiger partial charge in [-0.25, -0.2) is 4.79 Å². The van der Waals surface area contributed by atoms with Crippen LogP contribution in [-0.4, -0.2) is 42.1 Å². The SMILES string of the molecule is C=CC(=O)O[C@@H]1[C@H]2OC(C)(C)O[C@H]2O[C@@H]1C(=O)[C@H]1C[C@@H](C=C)C[C@H]1C=C. The van der Waals surface area contributed by atoms with E-state index in [4.69, 9.17) is 18.9 Å². The lowest BCUT2D eigenvalue weighted by molar-refractivity contribution is -0.218. The van der Waals surface area contributed by atoms with Crippen molar-refractivity contribution in [2.75, 3.05) is 0 Å². The van der Waals surface area contributed by atoms with Crippen LogP contribution < -0.4 is 0 Å². The average Bonchev–Trinajstić information content (AvgIpc) is 3.25. The van der Waals surface area contributed by atoms with Gasteiger partial charge >= 0.3 is 5.97 Å². The van der Waals surface area contributed by atoms with Crippen molar-refractivity contribution >= 4 is 11.8 Å². The third-order valence-corrected chi connectivity index (χ3v) is 5.34. The summed E-state index contributed by atoms with van der Waals surface area (Å²) in [6, 6.07) is 0. The van der Waals surface area contributed by atoms with E-state index in [1.807, 2.05) is 12.2 Å². The van der Waals surface area contributed by atoms with E-state index in [1.54, 1.807) is 13.8 Å². The molecule has 2 heterocycles. The molecule has 0 N–H and O–H groups in total. The van der Waals surface area contributed by atoms with E-state index in [-0.39, 0.29) is 23.5 Å². The van der Waals surface area contributed by atoms with Crippen LogP contribution in [0.2, 0.25) is 0 Å². The molecule has 6 nitrogen and oxygen atoms in total. The Balaban J connectivity index is 1.82. The van der Waals surface area contributed by atoms with Crippen LogP contribution in [0.3, 0.4) is 0 Å². The molecule has 3 rings (SSSR count). The van der Waals surface area contributed by atoms with Crippen molar-refractivity contribution in [3.63, 3.8) is 0 Å². The van der Waals surface area contributed by atoms with Gasteiger partial charge in [-0.3, -0.25) is 4.79 Å².